The number of rotatable bonds is 2. The summed E-state index contributed by atoms with van der Waals surface area (Å²) in [6.07, 6.45) is 2.81. The van der Waals surface area contributed by atoms with Crippen LogP contribution in [0.1, 0.15) is 12.6 Å². The predicted octanol–water partition coefficient (Wildman–Crippen LogP) is 1.16. The summed E-state index contributed by atoms with van der Waals surface area (Å²) in [7, 11) is 0. The lowest BCUT2D eigenvalue weighted by molar-refractivity contribution is -0.130. The number of carboxylic acid groups (broad SMARTS) is 1. The summed E-state index contributed by atoms with van der Waals surface area (Å²) < 4.78 is 4.49. The molecule has 1 aromatic heterocycles. The van der Waals surface area contributed by atoms with Gasteiger partial charge in [-0.2, -0.15) is 0 Å². The van der Waals surface area contributed by atoms with E-state index in [2.05, 4.69) is 9.68 Å². The maximum Gasteiger partial charge on any atom is 0.337 e. The van der Waals surface area contributed by atoms with Crippen molar-refractivity contribution < 1.29 is 14.4 Å². The predicted molar refractivity (Wildman–Crippen MR) is 37.8 cm³/mol. The molecule has 1 heterocycles. The van der Waals surface area contributed by atoms with Crippen molar-refractivity contribution in [2.24, 2.45) is 0 Å². The normalized spacial score (nSPS) is 11.5. The summed E-state index contributed by atoms with van der Waals surface area (Å²) in [4.78, 5) is 10.5. The Hall–Kier alpha value is -1.58. The quantitative estimate of drug-likeness (QED) is 0.647. The molecule has 0 radical (unpaired) electrons. The molecular weight excluding hydrogens is 146 g/mol. The Bertz CT molecular complexity index is 274. The number of hydrogen-bond donors (Lipinski definition) is 1. The Kier molecular flexibility index (Phi) is 2.06. The van der Waals surface area contributed by atoms with Crippen LogP contribution in [0.25, 0.3) is 5.57 Å². The second-order valence-electron chi connectivity index (χ2n) is 1.89. The van der Waals surface area contributed by atoms with Gasteiger partial charge in [0.2, 0.25) is 0 Å². The number of hydrogen-bond acceptors (Lipinski definition) is 3. The van der Waals surface area contributed by atoms with Crippen LogP contribution < -0.4 is 0 Å². The molecule has 0 saturated carbocycles. The van der Waals surface area contributed by atoms with E-state index in [1.54, 1.807) is 6.92 Å². The van der Waals surface area contributed by atoms with E-state index in [0.29, 0.717) is 5.69 Å². The molecular formula is C7H7NO3. The molecule has 0 aliphatic carbocycles. The van der Waals surface area contributed by atoms with Crippen LogP contribution >= 0.6 is 0 Å². The molecule has 0 aromatic carbocycles. The molecule has 0 fully saturated rings. The SMILES string of the molecule is CC=C(C(=O)O)c1ccon1. The number of carbonyl (C=O) groups is 1. The van der Waals surface area contributed by atoms with Gasteiger partial charge in [0.15, 0.2) is 0 Å². The van der Waals surface area contributed by atoms with Gasteiger partial charge in [-0.25, -0.2) is 4.79 Å². The first-order chi connectivity index (χ1) is 5.25. The number of allylic oxidation sites excluding steroid dienone is 1. The Morgan fingerprint density at radius 2 is 2.55 bits per heavy atom. The van der Waals surface area contributed by atoms with E-state index in [0.717, 1.165) is 0 Å². The molecule has 1 N–H and O–H groups in total. The minimum Gasteiger partial charge on any atom is -0.478 e. The highest BCUT2D eigenvalue weighted by atomic mass is 16.5. The van der Waals surface area contributed by atoms with Gasteiger partial charge in [-0.1, -0.05) is 11.2 Å². The van der Waals surface area contributed by atoms with Crippen LogP contribution in [0.5, 0.6) is 0 Å². The monoisotopic (exact) mass is 153 g/mol. The van der Waals surface area contributed by atoms with E-state index in [9.17, 15) is 4.79 Å². The van der Waals surface area contributed by atoms with Crippen LogP contribution in [0.15, 0.2) is 22.9 Å². The molecule has 1 rings (SSSR count). The number of nitrogens with zero attached hydrogens (tertiary/aromatic N) is 1. The van der Waals surface area contributed by atoms with Gasteiger partial charge >= 0.3 is 5.97 Å². The number of aliphatic carboxylic acids is 1. The van der Waals surface area contributed by atoms with Crippen molar-refractivity contribution in [2.45, 2.75) is 6.92 Å². The highest BCUT2D eigenvalue weighted by Gasteiger charge is 2.10. The number of carboxylic acids is 1. The molecule has 1 aromatic rings. The third-order valence-electron chi connectivity index (χ3n) is 1.23. The molecule has 0 spiro atoms. The average molecular weight is 153 g/mol. The first-order valence-electron chi connectivity index (χ1n) is 3.06. The van der Waals surface area contributed by atoms with E-state index in [1.807, 2.05) is 0 Å². The highest BCUT2D eigenvalue weighted by molar-refractivity contribution is 6.14. The van der Waals surface area contributed by atoms with Crippen molar-refractivity contribution in [2.75, 3.05) is 0 Å². The van der Waals surface area contributed by atoms with E-state index in [-0.39, 0.29) is 5.57 Å². The minimum atomic E-state index is -0.999. The summed E-state index contributed by atoms with van der Waals surface area (Å²) in [5, 5.41) is 12.1. The van der Waals surface area contributed by atoms with Crippen LogP contribution in [-0.2, 0) is 4.79 Å². The maximum absolute atomic E-state index is 10.5. The van der Waals surface area contributed by atoms with Gasteiger partial charge in [-0.3, -0.25) is 0 Å². The standard InChI is InChI=1S/C7H7NO3/c1-2-5(7(9)10)6-3-4-11-8-6/h2-4H,1H3,(H,9,10). The van der Waals surface area contributed by atoms with Gasteiger partial charge in [-0.15, -0.1) is 0 Å². The van der Waals surface area contributed by atoms with Crippen molar-refractivity contribution in [1.29, 1.82) is 0 Å². The fraction of sp³-hybridized carbons (Fsp3) is 0.143. The largest absolute Gasteiger partial charge is 0.478 e. The zero-order valence-corrected chi connectivity index (χ0v) is 5.94. The van der Waals surface area contributed by atoms with E-state index in [4.69, 9.17) is 5.11 Å². The third kappa shape index (κ3) is 1.46. The average Bonchev–Trinajstić information content (AvgIpc) is 2.40. The summed E-state index contributed by atoms with van der Waals surface area (Å²) in [6, 6.07) is 1.50. The van der Waals surface area contributed by atoms with Gasteiger partial charge in [0, 0.05) is 6.07 Å². The Labute approximate surface area is 63.1 Å². The Morgan fingerprint density at radius 3 is 2.91 bits per heavy atom. The molecule has 0 saturated heterocycles. The van der Waals surface area contributed by atoms with Crippen molar-refractivity contribution in [3.63, 3.8) is 0 Å². The second-order valence-corrected chi connectivity index (χ2v) is 1.89. The summed E-state index contributed by atoms with van der Waals surface area (Å²) >= 11 is 0. The van der Waals surface area contributed by atoms with Gasteiger partial charge in [-0.05, 0) is 6.92 Å². The minimum absolute atomic E-state index is 0.152. The second kappa shape index (κ2) is 3.01. The molecule has 0 aliphatic rings. The molecule has 0 amide bonds. The van der Waals surface area contributed by atoms with Gasteiger partial charge < -0.3 is 9.63 Å². The lowest BCUT2D eigenvalue weighted by Crippen LogP contribution is -1.98. The van der Waals surface area contributed by atoms with Crippen molar-refractivity contribution in [3.05, 3.63) is 24.1 Å². The topological polar surface area (TPSA) is 63.3 Å². The lowest BCUT2D eigenvalue weighted by atomic mass is 10.2. The van der Waals surface area contributed by atoms with Crippen molar-refractivity contribution in [1.82, 2.24) is 5.16 Å². The number of aromatic nitrogens is 1. The highest BCUT2D eigenvalue weighted by Crippen LogP contribution is 2.10. The first kappa shape index (κ1) is 7.53. The van der Waals surface area contributed by atoms with E-state index in [1.165, 1.54) is 18.4 Å². The van der Waals surface area contributed by atoms with Gasteiger partial charge in [0.25, 0.3) is 0 Å². The van der Waals surface area contributed by atoms with Crippen LogP contribution in [0, 0.1) is 0 Å². The lowest BCUT2D eigenvalue weighted by Gasteiger charge is -1.92. The molecule has 0 bridgehead atoms. The molecule has 11 heavy (non-hydrogen) atoms. The molecule has 4 nitrogen and oxygen atoms in total. The fourth-order valence-corrected chi connectivity index (χ4v) is 0.732. The van der Waals surface area contributed by atoms with Crippen LogP contribution in [0.2, 0.25) is 0 Å². The Morgan fingerprint density at radius 1 is 1.82 bits per heavy atom. The third-order valence-corrected chi connectivity index (χ3v) is 1.23. The van der Waals surface area contributed by atoms with Gasteiger partial charge in [0.05, 0.1) is 5.57 Å². The maximum atomic E-state index is 10.5. The molecule has 0 aliphatic heterocycles. The molecule has 58 valence electrons. The van der Waals surface area contributed by atoms with Crippen LogP contribution in [0.3, 0.4) is 0 Å². The van der Waals surface area contributed by atoms with Crippen molar-refractivity contribution in [3.8, 4) is 0 Å². The Balaban J connectivity index is 2.99. The van der Waals surface area contributed by atoms with Crippen LogP contribution in [0.4, 0.5) is 0 Å². The fourth-order valence-electron chi connectivity index (χ4n) is 0.732. The molecule has 4 heteroatoms. The summed E-state index contributed by atoms with van der Waals surface area (Å²) in [5.74, 6) is -0.999. The molecule has 0 atom stereocenters. The zero-order valence-electron chi connectivity index (χ0n) is 5.94. The first-order valence-corrected chi connectivity index (χ1v) is 3.06. The van der Waals surface area contributed by atoms with Gasteiger partial charge in [0.1, 0.15) is 12.0 Å². The molecule has 0 unspecified atom stereocenters. The zero-order chi connectivity index (χ0) is 8.27. The van der Waals surface area contributed by atoms with Crippen molar-refractivity contribution >= 4 is 11.5 Å². The summed E-state index contributed by atoms with van der Waals surface area (Å²) in [5.41, 5.74) is 0.499. The smallest absolute Gasteiger partial charge is 0.337 e. The van der Waals surface area contributed by atoms with E-state index >= 15 is 0 Å². The van der Waals surface area contributed by atoms with E-state index < -0.39 is 5.97 Å². The summed E-state index contributed by atoms with van der Waals surface area (Å²) in [6.45, 7) is 1.64. The van der Waals surface area contributed by atoms with Crippen LogP contribution in [-0.4, -0.2) is 16.2 Å².